The van der Waals surface area contributed by atoms with Crippen molar-refractivity contribution in [3.05, 3.63) is 0 Å². The summed E-state index contributed by atoms with van der Waals surface area (Å²) >= 11 is 0. The summed E-state index contributed by atoms with van der Waals surface area (Å²) in [6.45, 7) is 3.68. The van der Waals surface area contributed by atoms with Crippen molar-refractivity contribution in [3.8, 4) is 0 Å². The molecule has 1 saturated carbocycles. The maximum absolute atomic E-state index is 10.0. The quantitative estimate of drug-likeness (QED) is 0.632. The summed E-state index contributed by atoms with van der Waals surface area (Å²) in [6.07, 6.45) is 3.56. The SMILES string of the molecule is COCCCN1CC(O)(C2CC2)C1. The van der Waals surface area contributed by atoms with Crippen LogP contribution in [0.5, 0.6) is 0 Å². The molecule has 0 aromatic rings. The highest BCUT2D eigenvalue weighted by atomic mass is 16.5. The van der Waals surface area contributed by atoms with Crippen LogP contribution < -0.4 is 0 Å². The summed E-state index contributed by atoms with van der Waals surface area (Å²) in [7, 11) is 1.73. The van der Waals surface area contributed by atoms with Gasteiger partial charge in [0.2, 0.25) is 0 Å². The molecule has 3 heteroatoms. The van der Waals surface area contributed by atoms with Gasteiger partial charge >= 0.3 is 0 Å². The molecule has 13 heavy (non-hydrogen) atoms. The molecule has 1 saturated heterocycles. The molecular weight excluding hydrogens is 166 g/mol. The second-order valence-electron chi connectivity index (χ2n) is 4.43. The van der Waals surface area contributed by atoms with Crippen molar-refractivity contribution in [2.45, 2.75) is 24.9 Å². The van der Waals surface area contributed by atoms with Crippen LogP contribution in [0.1, 0.15) is 19.3 Å². The van der Waals surface area contributed by atoms with Gasteiger partial charge in [0.05, 0.1) is 5.60 Å². The third-order valence-corrected chi connectivity index (χ3v) is 3.15. The summed E-state index contributed by atoms with van der Waals surface area (Å²) in [5.41, 5.74) is -0.312. The monoisotopic (exact) mass is 185 g/mol. The van der Waals surface area contributed by atoms with Gasteiger partial charge < -0.3 is 9.84 Å². The molecule has 2 rings (SSSR count). The number of methoxy groups -OCH3 is 1. The van der Waals surface area contributed by atoms with Crippen molar-refractivity contribution in [1.29, 1.82) is 0 Å². The number of ether oxygens (including phenoxy) is 1. The van der Waals surface area contributed by atoms with Crippen LogP contribution >= 0.6 is 0 Å². The molecule has 76 valence electrons. The van der Waals surface area contributed by atoms with Crippen LogP contribution in [0, 0.1) is 5.92 Å². The molecule has 0 radical (unpaired) electrons. The van der Waals surface area contributed by atoms with Gasteiger partial charge in [-0.3, -0.25) is 4.90 Å². The highest BCUT2D eigenvalue weighted by Crippen LogP contribution is 2.44. The lowest BCUT2D eigenvalue weighted by Gasteiger charge is -2.47. The van der Waals surface area contributed by atoms with Gasteiger partial charge in [-0.2, -0.15) is 0 Å². The van der Waals surface area contributed by atoms with E-state index in [-0.39, 0.29) is 5.60 Å². The first-order valence-electron chi connectivity index (χ1n) is 5.18. The van der Waals surface area contributed by atoms with Gasteiger partial charge in [0, 0.05) is 33.4 Å². The number of hydrogen-bond acceptors (Lipinski definition) is 3. The zero-order valence-electron chi connectivity index (χ0n) is 8.33. The molecule has 1 heterocycles. The average Bonchev–Trinajstić information content (AvgIpc) is 2.83. The minimum absolute atomic E-state index is 0.312. The predicted molar refractivity (Wildman–Crippen MR) is 50.6 cm³/mol. The molecule has 0 aromatic carbocycles. The van der Waals surface area contributed by atoms with E-state index in [1.165, 1.54) is 12.8 Å². The number of hydrogen-bond donors (Lipinski definition) is 1. The minimum Gasteiger partial charge on any atom is -0.387 e. The molecule has 1 aliphatic carbocycles. The molecule has 2 aliphatic rings. The summed E-state index contributed by atoms with van der Waals surface area (Å²) < 4.78 is 4.98. The lowest BCUT2D eigenvalue weighted by molar-refractivity contribution is -0.114. The fourth-order valence-electron chi connectivity index (χ4n) is 2.20. The molecule has 1 aliphatic heterocycles. The van der Waals surface area contributed by atoms with Crippen molar-refractivity contribution >= 4 is 0 Å². The zero-order chi connectivity index (χ0) is 9.31. The molecular formula is C10H19NO2. The predicted octanol–water partition coefficient (Wildman–Crippen LogP) is 0.480. The Balaban J connectivity index is 1.60. The van der Waals surface area contributed by atoms with Gasteiger partial charge in [0.25, 0.3) is 0 Å². The maximum atomic E-state index is 10.0. The third kappa shape index (κ3) is 2.03. The molecule has 0 bridgehead atoms. The van der Waals surface area contributed by atoms with E-state index < -0.39 is 0 Å². The zero-order valence-corrected chi connectivity index (χ0v) is 8.33. The van der Waals surface area contributed by atoms with Gasteiger partial charge in [-0.15, -0.1) is 0 Å². The fourth-order valence-corrected chi connectivity index (χ4v) is 2.20. The van der Waals surface area contributed by atoms with E-state index in [1.54, 1.807) is 7.11 Å². The first-order chi connectivity index (χ1) is 6.24. The van der Waals surface area contributed by atoms with Crippen LogP contribution in [0.3, 0.4) is 0 Å². The highest BCUT2D eigenvalue weighted by molar-refractivity contribution is 5.05. The topological polar surface area (TPSA) is 32.7 Å². The Kier molecular flexibility index (Phi) is 2.58. The molecule has 0 amide bonds. The fraction of sp³-hybridized carbons (Fsp3) is 1.00. The Morgan fingerprint density at radius 3 is 2.69 bits per heavy atom. The number of β-amino-alcohol motifs (C(OH)–C–C–N with tert-alkyl or cyclic N) is 1. The maximum Gasteiger partial charge on any atom is 0.0928 e. The third-order valence-electron chi connectivity index (χ3n) is 3.15. The van der Waals surface area contributed by atoms with Crippen molar-refractivity contribution in [2.75, 3.05) is 33.4 Å². The van der Waals surface area contributed by atoms with Gasteiger partial charge in [0.1, 0.15) is 0 Å². The van der Waals surface area contributed by atoms with Crippen LogP contribution in [0.2, 0.25) is 0 Å². The Hall–Kier alpha value is -0.120. The Morgan fingerprint density at radius 2 is 2.15 bits per heavy atom. The van der Waals surface area contributed by atoms with Gasteiger partial charge in [0.15, 0.2) is 0 Å². The van der Waals surface area contributed by atoms with E-state index in [0.717, 1.165) is 32.7 Å². The Labute approximate surface area is 79.7 Å². The molecule has 3 nitrogen and oxygen atoms in total. The standard InChI is InChI=1S/C10H19NO2/c1-13-6-2-5-11-7-10(12,8-11)9-3-4-9/h9,12H,2-8H2,1H3. The van der Waals surface area contributed by atoms with Crippen LogP contribution in [-0.2, 0) is 4.74 Å². The number of aliphatic hydroxyl groups is 1. The second-order valence-corrected chi connectivity index (χ2v) is 4.43. The van der Waals surface area contributed by atoms with Gasteiger partial charge in [-0.1, -0.05) is 0 Å². The summed E-state index contributed by atoms with van der Waals surface area (Å²) in [5, 5.41) is 10.0. The molecule has 0 spiro atoms. The van der Waals surface area contributed by atoms with E-state index in [1.807, 2.05) is 0 Å². The lowest BCUT2D eigenvalue weighted by Crippen LogP contribution is -2.63. The Morgan fingerprint density at radius 1 is 1.46 bits per heavy atom. The van der Waals surface area contributed by atoms with Crippen molar-refractivity contribution < 1.29 is 9.84 Å². The first-order valence-corrected chi connectivity index (χ1v) is 5.18. The molecule has 2 fully saturated rings. The van der Waals surface area contributed by atoms with E-state index in [9.17, 15) is 5.11 Å². The smallest absolute Gasteiger partial charge is 0.0928 e. The van der Waals surface area contributed by atoms with Crippen LogP contribution in [0.25, 0.3) is 0 Å². The van der Waals surface area contributed by atoms with E-state index in [0.29, 0.717) is 5.92 Å². The average molecular weight is 185 g/mol. The van der Waals surface area contributed by atoms with Crippen molar-refractivity contribution in [1.82, 2.24) is 4.90 Å². The number of likely N-dealkylation sites (tertiary alicyclic amines) is 1. The first kappa shape index (κ1) is 9.44. The molecule has 1 N–H and O–H groups in total. The molecule has 0 aromatic heterocycles. The summed E-state index contributed by atoms with van der Waals surface area (Å²) in [5.74, 6) is 0.617. The number of nitrogens with zero attached hydrogens (tertiary/aromatic N) is 1. The lowest BCUT2D eigenvalue weighted by atomic mass is 9.89. The van der Waals surface area contributed by atoms with E-state index >= 15 is 0 Å². The summed E-state index contributed by atoms with van der Waals surface area (Å²) in [6, 6.07) is 0. The van der Waals surface area contributed by atoms with Crippen LogP contribution in [0.15, 0.2) is 0 Å². The van der Waals surface area contributed by atoms with Crippen LogP contribution in [-0.4, -0.2) is 49.0 Å². The normalized spacial score (nSPS) is 27.2. The van der Waals surface area contributed by atoms with Crippen molar-refractivity contribution in [3.63, 3.8) is 0 Å². The van der Waals surface area contributed by atoms with Gasteiger partial charge in [-0.05, 0) is 25.2 Å². The minimum atomic E-state index is -0.312. The molecule has 0 atom stereocenters. The Bertz CT molecular complexity index is 174. The van der Waals surface area contributed by atoms with E-state index in [4.69, 9.17) is 4.74 Å². The van der Waals surface area contributed by atoms with Crippen molar-refractivity contribution in [2.24, 2.45) is 5.92 Å². The molecule has 0 unspecified atom stereocenters. The largest absolute Gasteiger partial charge is 0.387 e. The van der Waals surface area contributed by atoms with E-state index in [2.05, 4.69) is 4.90 Å². The summed E-state index contributed by atoms with van der Waals surface area (Å²) in [4.78, 5) is 2.32. The van der Waals surface area contributed by atoms with Crippen LogP contribution in [0.4, 0.5) is 0 Å². The van der Waals surface area contributed by atoms with Gasteiger partial charge in [-0.25, -0.2) is 0 Å². The highest BCUT2D eigenvalue weighted by Gasteiger charge is 2.51. The number of rotatable bonds is 5. The second kappa shape index (κ2) is 3.56.